The summed E-state index contributed by atoms with van der Waals surface area (Å²) >= 11 is 0. The standard InChI is InChI=1S/C23H25N3O3/c1-15-13-16(2)26(25-15)14-17-5-7-18(8-6-17)21(27)24-20-11-9-19(10-12-20)23(3,4)22(28)29/h5-13H,14H2,1-4H3,(H,24,27)(H,28,29). The van der Waals surface area contributed by atoms with Crippen LogP contribution < -0.4 is 5.32 Å². The smallest absolute Gasteiger partial charge is 0.313 e. The summed E-state index contributed by atoms with van der Waals surface area (Å²) in [6, 6.07) is 16.3. The Balaban J connectivity index is 1.66. The molecule has 0 fully saturated rings. The van der Waals surface area contributed by atoms with Gasteiger partial charge in [0.25, 0.3) is 5.91 Å². The number of aromatic nitrogens is 2. The third kappa shape index (κ3) is 4.54. The molecule has 1 aromatic heterocycles. The zero-order valence-electron chi connectivity index (χ0n) is 17.1. The van der Waals surface area contributed by atoms with E-state index in [1.807, 2.05) is 36.7 Å². The van der Waals surface area contributed by atoms with Crippen LogP contribution in [0.5, 0.6) is 0 Å². The van der Waals surface area contributed by atoms with Gasteiger partial charge in [-0.2, -0.15) is 5.10 Å². The molecule has 0 saturated carbocycles. The molecule has 150 valence electrons. The topological polar surface area (TPSA) is 84.2 Å². The van der Waals surface area contributed by atoms with E-state index in [1.54, 1.807) is 50.2 Å². The molecule has 0 saturated heterocycles. The highest BCUT2D eigenvalue weighted by Gasteiger charge is 2.29. The number of nitrogens with one attached hydrogen (secondary N) is 1. The van der Waals surface area contributed by atoms with Gasteiger partial charge in [-0.25, -0.2) is 0 Å². The lowest BCUT2D eigenvalue weighted by molar-refractivity contribution is -0.142. The van der Waals surface area contributed by atoms with Crippen molar-refractivity contribution in [2.75, 3.05) is 5.32 Å². The molecule has 0 bridgehead atoms. The van der Waals surface area contributed by atoms with E-state index >= 15 is 0 Å². The maximum atomic E-state index is 12.5. The fourth-order valence-electron chi connectivity index (χ4n) is 3.07. The summed E-state index contributed by atoms with van der Waals surface area (Å²) in [4.78, 5) is 23.9. The van der Waals surface area contributed by atoms with Crippen molar-refractivity contribution >= 4 is 17.6 Å². The minimum Gasteiger partial charge on any atom is -0.481 e. The Kier molecular flexibility index (Phi) is 5.55. The molecule has 2 N–H and O–H groups in total. The summed E-state index contributed by atoms with van der Waals surface area (Å²) in [5, 5.41) is 16.6. The Hall–Kier alpha value is -3.41. The Morgan fingerprint density at radius 2 is 1.66 bits per heavy atom. The molecule has 0 unspecified atom stereocenters. The van der Waals surface area contributed by atoms with Gasteiger partial charge in [0.15, 0.2) is 0 Å². The first-order valence-electron chi connectivity index (χ1n) is 9.42. The maximum Gasteiger partial charge on any atom is 0.313 e. The molecule has 6 nitrogen and oxygen atoms in total. The van der Waals surface area contributed by atoms with Crippen molar-refractivity contribution in [1.82, 2.24) is 9.78 Å². The molecule has 0 atom stereocenters. The number of carboxylic acid groups (broad SMARTS) is 1. The van der Waals surface area contributed by atoms with Crippen LogP contribution in [0, 0.1) is 13.8 Å². The molecule has 0 spiro atoms. The molecule has 0 aliphatic rings. The Morgan fingerprint density at radius 3 is 2.17 bits per heavy atom. The van der Waals surface area contributed by atoms with Gasteiger partial charge in [0.1, 0.15) is 0 Å². The Labute approximate surface area is 170 Å². The van der Waals surface area contributed by atoms with Crippen LogP contribution in [0.4, 0.5) is 5.69 Å². The average molecular weight is 391 g/mol. The second kappa shape index (κ2) is 7.91. The number of hydrogen-bond donors (Lipinski definition) is 2. The fourth-order valence-corrected chi connectivity index (χ4v) is 3.07. The summed E-state index contributed by atoms with van der Waals surface area (Å²) < 4.78 is 1.94. The SMILES string of the molecule is Cc1cc(C)n(Cc2ccc(C(=O)Nc3ccc(C(C)(C)C(=O)O)cc3)cc2)n1. The summed E-state index contributed by atoms with van der Waals surface area (Å²) in [7, 11) is 0. The molecular formula is C23H25N3O3. The maximum absolute atomic E-state index is 12.5. The average Bonchev–Trinajstić information content (AvgIpc) is 2.99. The van der Waals surface area contributed by atoms with Crippen molar-refractivity contribution in [3.05, 3.63) is 82.7 Å². The molecule has 3 rings (SSSR count). The normalized spacial score (nSPS) is 11.3. The first-order chi connectivity index (χ1) is 13.7. The minimum absolute atomic E-state index is 0.215. The van der Waals surface area contributed by atoms with Gasteiger partial charge in [0.05, 0.1) is 17.7 Å². The van der Waals surface area contributed by atoms with Gasteiger partial charge >= 0.3 is 5.97 Å². The van der Waals surface area contributed by atoms with E-state index < -0.39 is 11.4 Å². The van der Waals surface area contributed by atoms with E-state index in [2.05, 4.69) is 10.4 Å². The first-order valence-corrected chi connectivity index (χ1v) is 9.42. The molecule has 6 heteroatoms. The minimum atomic E-state index is -0.982. The molecule has 0 aliphatic heterocycles. The Morgan fingerprint density at radius 1 is 1.03 bits per heavy atom. The van der Waals surface area contributed by atoms with Gasteiger partial charge in [0, 0.05) is 16.9 Å². The molecule has 1 amide bonds. The van der Waals surface area contributed by atoms with Crippen LogP contribution in [0.25, 0.3) is 0 Å². The van der Waals surface area contributed by atoms with E-state index in [0.29, 0.717) is 23.4 Å². The van der Waals surface area contributed by atoms with Crippen molar-refractivity contribution in [2.45, 2.75) is 39.7 Å². The fraction of sp³-hybridized carbons (Fsp3) is 0.261. The zero-order chi connectivity index (χ0) is 21.2. The molecule has 1 heterocycles. The van der Waals surface area contributed by atoms with E-state index in [0.717, 1.165) is 17.0 Å². The van der Waals surface area contributed by atoms with Crippen LogP contribution in [-0.4, -0.2) is 26.8 Å². The zero-order valence-corrected chi connectivity index (χ0v) is 17.1. The number of anilines is 1. The summed E-state index contributed by atoms with van der Waals surface area (Å²) in [5.74, 6) is -1.11. The lowest BCUT2D eigenvalue weighted by Crippen LogP contribution is -2.28. The lowest BCUT2D eigenvalue weighted by Gasteiger charge is -2.19. The van der Waals surface area contributed by atoms with Gasteiger partial charge in [0.2, 0.25) is 0 Å². The number of amides is 1. The van der Waals surface area contributed by atoms with Crippen LogP contribution in [0.1, 0.15) is 46.7 Å². The van der Waals surface area contributed by atoms with Gasteiger partial charge < -0.3 is 10.4 Å². The van der Waals surface area contributed by atoms with Crippen LogP contribution >= 0.6 is 0 Å². The van der Waals surface area contributed by atoms with Crippen LogP contribution in [-0.2, 0) is 16.8 Å². The predicted octanol–water partition coefficient (Wildman–Crippen LogP) is 4.16. The number of carbonyl (C=O) groups is 2. The summed E-state index contributed by atoms with van der Waals surface area (Å²) in [6.45, 7) is 7.94. The number of rotatable bonds is 6. The van der Waals surface area contributed by atoms with Gasteiger partial charge in [-0.15, -0.1) is 0 Å². The van der Waals surface area contributed by atoms with Crippen molar-refractivity contribution < 1.29 is 14.7 Å². The first kappa shape index (κ1) is 20.3. The number of carbonyl (C=O) groups excluding carboxylic acids is 1. The van der Waals surface area contributed by atoms with E-state index in [9.17, 15) is 14.7 Å². The van der Waals surface area contributed by atoms with Crippen molar-refractivity contribution in [1.29, 1.82) is 0 Å². The van der Waals surface area contributed by atoms with Gasteiger partial charge in [-0.1, -0.05) is 24.3 Å². The second-order valence-corrected chi connectivity index (χ2v) is 7.74. The highest BCUT2D eigenvalue weighted by Crippen LogP contribution is 2.25. The quantitative estimate of drug-likeness (QED) is 0.661. The van der Waals surface area contributed by atoms with Crippen molar-refractivity contribution in [3.63, 3.8) is 0 Å². The molecule has 0 radical (unpaired) electrons. The number of hydrogen-bond acceptors (Lipinski definition) is 3. The third-order valence-corrected chi connectivity index (χ3v) is 5.05. The molecule has 3 aromatic rings. The number of carboxylic acids is 1. The molecular weight excluding hydrogens is 366 g/mol. The number of aryl methyl sites for hydroxylation is 2. The number of aliphatic carboxylic acids is 1. The largest absolute Gasteiger partial charge is 0.481 e. The molecule has 2 aromatic carbocycles. The Bertz CT molecular complexity index is 1030. The lowest BCUT2D eigenvalue weighted by atomic mass is 9.85. The van der Waals surface area contributed by atoms with E-state index in [4.69, 9.17) is 0 Å². The monoisotopic (exact) mass is 391 g/mol. The predicted molar refractivity (Wildman–Crippen MR) is 112 cm³/mol. The summed E-state index contributed by atoms with van der Waals surface area (Å²) in [5.41, 5.74) is 4.01. The van der Waals surface area contributed by atoms with Gasteiger partial charge in [-0.05, 0) is 69.2 Å². The molecule has 29 heavy (non-hydrogen) atoms. The van der Waals surface area contributed by atoms with Crippen LogP contribution in [0.3, 0.4) is 0 Å². The highest BCUT2D eigenvalue weighted by molar-refractivity contribution is 6.04. The summed E-state index contributed by atoms with van der Waals surface area (Å²) in [6.07, 6.45) is 0. The van der Waals surface area contributed by atoms with Gasteiger partial charge in [-0.3, -0.25) is 14.3 Å². The number of benzene rings is 2. The highest BCUT2D eigenvalue weighted by atomic mass is 16.4. The molecule has 0 aliphatic carbocycles. The van der Waals surface area contributed by atoms with E-state index in [1.165, 1.54) is 0 Å². The van der Waals surface area contributed by atoms with Crippen molar-refractivity contribution in [2.24, 2.45) is 0 Å². The van der Waals surface area contributed by atoms with Crippen LogP contribution in [0.2, 0.25) is 0 Å². The number of nitrogens with zero attached hydrogens (tertiary/aromatic N) is 2. The van der Waals surface area contributed by atoms with Crippen molar-refractivity contribution in [3.8, 4) is 0 Å². The third-order valence-electron chi connectivity index (χ3n) is 5.05. The second-order valence-electron chi connectivity index (χ2n) is 7.74. The van der Waals surface area contributed by atoms with Crippen LogP contribution in [0.15, 0.2) is 54.6 Å². The van der Waals surface area contributed by atoms with E-state index in [-0.39, 0.29) is 5.91 Å².